The van der Waals surface area contributed by atoms with Crippen LogP contribution < -0.4 is 10.6 Å². The van der Waals surface area contributed by atoms with Crippen molar-refractivity contribution in [3.05, 3.63) is 24.8 Å². The second-order valence-corrected chi connectivity index (χ2v) is 11.3. The average molecular weight is 694 g/mol. The molecule has 0 bridgehead atoms. The molecular formula is C33H53N6O10+. The van der Waals surface area contributed by atoms with Gasteiger partial charge in [0, 0.05) is 31.0 Å². The van der Waals surface area contributed by atoms with Gasteiger partial charge in [-0.25, -0.2) is 34.3 Å². The van der Waals surface area contributed by atoms with Gasteiger partial charge in [-0.05, 0) is 50.7 Å². The summed E-state index contributed by atoms with van der Waals surface area (Å²) in [5.41, 5.74) is 0.174. The Morgan fingerprint density at radius 3 is 2.55 bits per heavy atom. The van der Waals surface area contributed by atoms with Gasteiger partial charge in [0.05, 0.1) is 6.54 Å². The van der Waals surface area contributed by atoms with E-state index in [1.54, 1.807) is 10.7 Å². The lowest BCUT2D eigenvalue weighted by atomic mass is 10.2. The molecular weight excluding hydrogens is 640 g/mol. The van der Waals surface area contributed by atoms with Crippen LogP contribution in [0.4, 0.5) is 4.79 Å². The van der Waals surface area contributed by atoms with Gasteiger partial charge in [-0.1, -0.05) is 45.8 Å². The van der Waals surface area contributed by atoms with Crippen LogP contribution in [0.15, 0.2) is 34.8 Å². The van der Waals surface area contributed by atoms with E-state index in [4.69, 9.17) is 23.9 Å². The van der Waals surface area contributed by atoms with Crippen molar-refractivity contribution in [2.45, 2.75) is 109 Å². The summed E-state index contributed by atoms with van der Waals surface area (Å²) in [6, 6.07) is 0. The molecule has 2 N–H and O–H groups in total. The number of amides is 1. The van der Waals surface area contributed by atoms with Crippen LogP contribution in [0.1, 0.15) is 90.9 Å². The molecule has 1 saturated heterocycles. The number of carbonyl (C=O) groups is 3. The van der Waals surface area contributed by atoms with Crippen molar-refractivity contribution in [1.82, 2.24) is 15.9 Å². The number of hydrogen-bond donors (Lipinski definition) is 2. The molecule has 1 fully saturated rings. The average Bonchev–Trinajstić information content (AvgIpc) is 3.33. The van der Waals surface area contributed by atoms with Crippen molar-refractivity contribution in [2.75, 3.05) is 39.6 Å². The maximum absolute atomic E-state index is 12.3. The molecule has 0 aliphatic carbocycles. The third-order valence-electron chi connectivity index (χ3n) is 7.20. The Morgan fingerprint density at radius 1 is 1.06 bits per heavy atom. The lowest BCUT2D eigenvalue weighted by Gasteiger charge is -2.20. The fourth-order valence-corrected chi connectivity index (χ4v) is 4.49. The van der Waals surface area contributed by atoms with E-state index in [2.05, 4.69) is 40.7 Å². The van der Waals surface area contributed by atoms with Crippen LogP contribution in [0.5, 0.6) is 0 Å². The Labute approximate surface area is 288 Å². The molecule has 49 heavy (non-hydrogen) atoms. The summed E-state index contributed by atoms with van der Waals surface area (Å²) in [4.78, 5) is 77.0. The lowest BCUT2D eigenvalue weighted by molar-refractivity contribution is -0.570. The van der Waals surface area contributed by atoms with Crippen LogP contribution in [0, 0.1) is 0 Å². The first-order valence-electron chi connectivity index (χ1n) is 16.8. The van der Waals surface area contributed by atoms with Gasteiger partial charge in [0.15, 0.2) is 18.8 Å². The summed E-state index contributed by atoms with van der Waals surface area (Å²) in [6.07, 6.45) is 13.3. The largest absolute Gasteiger partial charge is 0.458 e. The molecule has 1 aliphatic rings. The standard InChI is InChI=1S/C33H52N6O10/c1-5-7-11-16-29(35-23-40)36-24-47-39(48-25-37-30-17-12-10-14-19-38(30)26-41)20-15-9-8-13-18-34-33(44)49-28(21-45-31(42)6-2)22-46-32(43)27(3)4/h6,24,28-30,37H,2-3,5,7-22,25H2,1,4H3/p+1. The number of nitrogens with one attached hydrogen (secondary N) is 2. The number of alkyl carbamates (subject to hydrolysis) is 1. The van der Waals surface area contributed by atoms with Crippen molar-refractivity contribution >= 4 is 36.6 Å². The van der Waals surface area contributed by atoms with Crippen LogP contribution in [-0.2, 0) is 43.1 Å². The zero-order chi connectivity index (χ0) is 36.1. The second kappa shape index (κ2) is 27.7. The molecule has 0 spiro atoms. The van der Waals surface area contributed by atoms with E-state index in [9.17, 15) is 24.0 Å². The molecule has 1 aliphatic heterocycles. The molecule has 0 saturated carbocycles. The van der Waals surface area contributed by atoms with Crippen LogP contribution in [0.2, 0.25) is 0 Å². The lowest BCUT2D eigenvalue weighted by Crippen LogP contribution is -2.42. The molecule has 16 nitrogen and oxygen atoms in total. The first-order chi connectivity index (χ1) is 23.7. The van der Waals surface area contributed by atoms with Gasteiger partial charge in [-0.3, -0.25) is 0 Å². The number of hydrogen-bond acceptors (Lipinski definition) is 14. The molecule has 1 rings (SSSR count). The number of ether oxygens (including phenoxy) is 3. The molecule has 274 valence electrons. The van der Waals surface area contributed by atoms with Gasteiger partial charge in [0.2, 0.25) is 18.6 Å². The number of aliphatic imine (C=N–C) groups is 2. The Hall–Kier alpha value is -4.20. The molecule has 0 aromatic heterocycles. The van der Waals surface area contributed by atoms with Crippen molar-refractivity contribution < 1.29 is 52.4 Å². The molecule has 0 aromatic carbocycles. The minimum absolute atomic E-state index is 0.0787. The number of nitrogens with zero attached hydrogens (tertiary/aromatic N) is 4. The summed E-state index contributed by atoms with van der Waals surface area (Å²) in [7, 11) is 0. The smallest absolute Gasteiger partial charge is 0.425 e. The van der Waals surface area contributed by atoms with E-state index in [1.807, 2.05) is 6.08 Å². The highest BCUT2D eigenvalue weighted by Gasteiger charge is 2.24. The van der Waals surface area contributed by atoms with Crippen LogP contribution in [0.25, 0.3) is 0 Å². The highest BCUT2D eigenvalue weighted by molar-refractivity contribution is 5.87. The number of carbonyl (C=O) groups excluding carboxylic acids is 5. The normalized spacial score (nSPS) is 15.7. The quantitative estimate of drug-likeness (QED) is 0.0128. The van der Waals surface area contributed by atoms with E-state index in [0.717, 1.165) is 63.9 Å². The molecule has 0 radical (unpaired) electrons. The molecule has 1 amide bonds. The number of rotatable bonds is 26. The zero-order valence-corrected chi connectivity index (χ0v) is 28.9. The van der Waals surface area contributed by atoms with Crippen molar-refractivity contribution in [3.63, 3.8) is 0 Å². The number of isocyanates is 2. The monoisotopic (exact) mass is 693 g/mol. The minimum Gasteiger partial charge on any atom is -0.458 e. The fourth-order valence-electron chi connectivity index (χ4n) is 4.49. The predicted octanol–water partition coefficient (Wildman–Crippen LogP) is 3.72. The van der Waals surface area contributed by atoms with Gasteiger partial charge >= 0.3 is 24.1 Å². The van der Waals surface area contributed by atoms with Gasteiger partial charge in [0.1, 0.15) is 19.9 Å². The fraction of sp³-hybridized carbons (Fsp3) is 0.697. The summed E-state index contributed by atoms with van der Waals surface area (Å²) >= 11 is 0. The Kier molecular flexibility index (Phi) is 24.2. The second-order valence-electron chi connectivity index (χ2n) is 11.3. The summed E-state index contributed by atoms with van der Waals surface area (Å²) in [5, 5.41) is 7.13. The number of unbranched alkanes of at least 4 members (excludes halogenated alkanes) is 5. The Morgan fingerprint density at radius 2 is 1.84 bits per heavy atom. The highest BCUT2D eigenvalue weighted by atomic mass is 16.9. The van der Waals surface area contributed by atoms with E-state index >= 15 is 0 Å². The van der Waals surface area contributed by atoms with E-state index in [-0.39, 0.29) is 31.7 Å². The summed E-state index contributed by atoms with van der Waals surface area (Å²) in [5.74, 6) is -1.37. The molecule has 1 heterocycles. The number of esters is 2. The van der Waals surface area contributed by atoms with Crippen molar-refractivity contribution in [1.29, 1.82) is 0 Å². The molecule has 3 atom stereocenters. The third-order valence-corrected chi connectivity index (χ3v) is 7.20. The van der Waals surface area contributed by atoms with Crippen LogP contribution >= 0.6 is 0 Å². The topological polar surface area (TPSA) is 187 Å². The maximum Gasteiger partial charge on any atom is 0.425 e. The minimum atomic E-state index is -1.02. The Bertz CT molecular complexity index is 1150. The highest BCUT2D eigenvalue weighted by Crippen LogP contribution is 2.11. The summed E-state index contributed by atoms with van der Waals surface area (Å²) < 4.78 is 16.8. The van der Waals surface area contributed by atoms with Gasteiger partial charge in [-0.2, -0.15) is 9.79 Å². The molecule has 0 aromatic rings. The third kappa shape index (κ3) is 21.4. The van der Waals surface area contributed by atoms with E-state index < -0.39 is 30.3 Å². The summed E-state index contributed by atoms with van der Waals surface area (Å²) in [6.45, 7) is 11.1. The van der Waals surface area contributed by atoms with E-state index in [1.165, 1.54) is 18.6 Å². The first-order valence-corrected chi connectivity index (χ1v) is 16.8. The molecule has 3 unspecified atom stereocenters. The maximum atomic E-state index is 12.3. The Balaban J connectivity index is 2.57. The van der Waals surface area contributed by atoms with Gasteiger partial charge in [-0.15, -0.1) is 4.58 Å². The van der Waals surface area contributed by atoms with Gasteiger partial charge < -0.3 is 24.4 Å². The van der Waals surface area contributed by atoms with Crippen molar-refractivity contribution in [3.8, 4) is 0 Å². The van der Waals surface area contributed by atoms with Crippen LogP contribution in [0.3, 0.4) is 0 Å². The van der Waals surface area contributed by atoms with Crippen LogP contribution in [-0.4, -0.2) is 104 Å². The van der Waals surface area contributed by atoms with E-state index in [0.29, 0.717) is 38.9 Å². The number of hydroxylamine groups is 2. The SMILES string of the molecule is C=CC(=O)OCC(COC(=O)C(=C)C)OC(=O)NCCCCCCN(OC=NC(CCCCC)N=C=O)OCNC1CCCCC[N+]1=C=O. The predicted molar refractivity (Wildman–Crippen MR) is 178 cm³/mol. The molecule has 16 heteroatoms. The van der Waals surface area contributed by atoms with Gasteiger partial charge in [0.25, 0.3) is 0 Å². The zero-order valence-electron chi connectivity index (χ0n) is 28.9. The first kappa shape index (κ1) is 42.8. The van der Waals surface area contributed by atoms with Crippen molar-refractivity contribution in [2.24, 2.45) is 9.98 Å².